The number of cyclic esters (lactones) is 1. The molecule has 1 atom stereocenters. The van der Waals surface area contributed by atoms with E-state index in [1.807, 2.05) is 30.3 Å². The second-order valence-corrected chi connectivity index (χ2v) is 7.83. The zero-order valence-electron chi connectivity index (χ0n) is 17.5. The van der Waals surface area contributed by atoms with Gasteiger partial charge in [-0.25, -0.2) is 9.59 Å². The van der Waals surface area contributed by atoms with Gasteiger partial charge in [-0.1, -0.05) is 41.9 Å². The number of nitrogens with zero attached hydrogens (tertiary/aromatic N) is 1. The Morgan fingerprint density at radius 2 is 1.88 bits per heavy atom. The molecule has 0 fully saturated rings. The number of rotatable bonds is 6. The Bertz CT molecular complexity index is 1290. The van der Waals surface area contributed by atoms with Gasteiger partial charge in [0.2, 0.25) is 0 Å². The number of carbonyl (C=O) groups excluding carboxylic acids is 3. The lowest BCUT2D eigenvalue weighted by Crippen LogP contribution is -2.23. The summed E-state index contributed by atoms with van der Waals surface area (Å²) < 4.78 is 10.6. The topological polar surface area (TPSA) is 125 Å². The zero-order chi connectivity index (χ0) is 24.2. The maximum absolute atomic E-state index is 12.5. The third kappa shape index (κ3) is 5.05. The minimum Gasteiger partial charge on any atom is -0.454 e. The quantitative estimate of drug-likeness (QED) is 0.313. The van der Waals surface area contributed by atoms with Crippen LogP contribution in [0.2, 0.25) is 5.02 Å². The van der Waals surface area contributed by atoms with Gasteiger partial charge in [-0.05, 0) is 35.4 Å². The van der Waals surface area contributed by atoms with Crippen LogP contribution >= 0.6 is 11.6 Å². The van der Waals surface area contributed by atoms with Crippen LogP contribution in [0.3, 0.4) is 0 Å². The number of amides is 1. The van der Waals surface area contributed by atoms with E-state index in [2.05, 4.69) is 5.32 Å². The van der Waals surface area contributed by atoms with E-state index in [0.29, 0.717) is 17.5 Å². The van der Waals surface area contributed by atoms with Crippen molar-refractivity contribution in [2.75, 3.05) is 11.9 Å². The average Bonchev–Trinajstić information content (AvgIpc) is 2.83. The number of carbonyl (C=O) groups is 3. The number of benzene rings is 3. The summed E-state index contributed by atoms with van der Waals surface area (Å²) in [5, 5.41) is 13.2. The number of anilines is 1. The van der Waals surface area contributed by atoms with Gasteiger partial charge in [0.05, 0.1) is 26.8 Å². The van der Waals surface area contributed by atoms with Crippen LogP contribution in [-0.4, -0.2) is 29.4 Å². The number of esters is 2. The van der Waals surface area contributed by atoms with Gasteiger partial charge in [-0.3, -0.25) is 14.9 Å². The van der Waals surface area contributed by atoms with E-state index in [0.717, 1.165) is 11.6 Å². The van der Waals surface area contributed by atoms with E-state index in [-0.39, 0.29) is 22.0 Å². The molecule has 0 radical (unpaired) electrons. The SMILES string of the molecule is O=C(COC(=O)c1ccc2c(c1)C[C@@H](c1ccccc1)OC2=O)Nc1ccc([N+](=O)[O-])cc1Cl. The van der Waals surface area contributed by atoms with Crippen LogP contribution in [0, 0.1) is 10.1 Å². The van der Waals surface area contributed by atoms with Crippen molar-refractivity contribution in [3.63, 3.8) is 0 Å². The number of nitrogens with one attached hydrogen (secondary N) is 1. The molecule has 1 amide bonds. The number of halogens is 1. The van der Waals surface area contributed by atoms with Crippen LogP contribution in [0.5, 0.6) is 0 Å². The molecule has 1 aliphatic heterocycles. The molecule has 0 spiro atoms. The summed E-state index contributed by atoms with van der Waals surface area (Å²) in [6.45, 7) is -0.599. The van der Waals surface area contributed by atoms with Crippen molar-refractivity contribution >= 4 is 40.8 Å². The molecular weight excluding hydrogens is 464 g/mol. The van der Waals surface area contributed by atoms with Crippen molar-refractivity contribution in [1.82, 2.24) is 0 Å². The van der Waals surface area contributed by atoms with E-state index in [1.165, 1.54) is 24.3 Å². The van der Waals surface area contributed by atoms with Crippen molar-refractivity contribution in [2.45, 2.75) is 12.5 Å². The van der Waals surface area contributed by atoms with Crippen molar-refractivity contribution < 1.29 is 28.8 Å². The number of non-ortho nitro benzene ring substituents is 1. The Kier molecular flexibility index (Phi) is 6.55. The Morgan fingerprint density at radius 1 is 1.12 bits per heavy atom. The number of nitro groups is 1. The Hall–Kier alpha value is -4.24. The number of fused-ring (bicyclic) bond motifs is 1. The highest BCUT2D eigenvalue weighted by molar-refractivity contribution is 6.34. The fourth-order valence-corrected chi connectivity index (χ4v) is 3.72. The molecule has 10 heteroatoms. The molecule has 9 nitrogen and oxygen atoms in total. The first-order valence-corrected chi connectivity index (χ1v) is 10.5. The molecule has 4 rings (SSSR count). The summed E-state index contributed by atoms with van der Waals surface area (Å²) in [5.41, 5.74) is 1.96. The molecule has 0 unspecified atom stereocenters. The summed E-state index contributed by atoms with van der Waals surface area (Å²) in [6.07, 6.45) is -0.0737. The van der Waals surface area contributed by atoms with Crippen molar-refractivity contribution in [2.24, 2.45) is 0 Å². The lowest BCUT2D eigenvalue weighted by atomic mass is 9.93. The maximum atomic E-state index is 12.5. The van der Waals surface area contributed by atoms with Gasteiger partial charge in [0.25, 0.3) is 11.6 Å². The molecule has 1 aliphatic rings. The predicted molar refractivity (Wildman–Crippen MR) is 122 cm³/mol. The normalized spacial score (nSPS) is 14.5. The molecule has 0 saturated carbocycles. The molecule has 1 heterocycles. The fraction of sp³-hybridized carbons (Fsp3) is 0.125. The second-order valence-electron chi connectivity index (χ2n) is 7.43. The summed E-state index contributed by atoms with van der Waals surface area (Å²) in [7, 11) is 0. The summed E-state index contributed by atoms with van der Waals surface area (Å²) in [5.74, 6) is -1.90. The molecule has 172 valence electrons. The first-order chi connectivity index (χ1) is 16.3. The van der Waals surface area contributed by atoms with Crippen molar-refractivity contribution in [1.29, 1.82) is 0 Å². The number of nitro benzene ring substituents is 1. The Labute approximate surface area is 198 Å². The van der Waals surface area contributed by atoms with E-state index >= 15 is 0 Å². The molecule has 3 aromatic carbocycles. The van der Waals surface area contributed by atoms with Crippen LogP contribution in [-0.2, 0) is 20.7 Å². The Balaban J connectivity index is 1.40. The lowest BCUT2D eigenvalue weighted by molar-refractivity contribution is -0.384. The average molecular weight is 481 g/mol. The van der Waals surface area contributed by atoms with Gasteiger partial charge in [-0.2, -0.15) is 0 Å². The van der Waals surface area contributed by atoms with Gasteiger partial charge in [0.15, 0.2) is 6.61 Å². The third-order valence-corrected chi connectivity index (χ3v) is 5.47. The second kappa shape index (κ2) is 9.72. The highest BCUT2D eigenvalue weighted by atomic mass is 35.5. The van der Waals surface area contributed by atoms with Crippen LogP contribution < -0.4 is 5.32 Å². The van der Waals surface area contributed by atoms with E-state index in [9.17, 15) is 24.5 Å². The van der Waals surface area contributed by atoms with Crippen LogP contribution in [0.15, 0.2) is 66.7 Å². The van der Waals surface area contributed by atoms with E-state index in [4.69, 9.17) is 21.1 Å². The fourth-order valence-electron chi connectivity index (χ4n) is 3.50. The molecule has 1 N–H and O–H groups in total. The number of ether oxygens (including phenoxy) is 2. The zero-order valence-corrected chi connectivity index (χ0v) is 18.3. The maximum Gasteiger partial charge on any atom is 0.339 e. The smallest absolute Gasteiger partial charge is 0.339 e. The van der Waals surface area contributed by atoms with Crippen LogP contribution in [0.4, 0.5) is 11.4 Å². The standard InChI is InChI=1S/C24H17ClN2O7/c25-19-12-17(27(31)32)7-9-20(19)26-22(28)13-33-23(29)15-6-8-18-16(10-15)11-21(34-24(18)30)14-4-2-1-3-5-14/h1-10,12,21H,11,13H2,(H,26,28)/t21-/m0/s1. The van der Waals surface area contributed by atoms with E-state index < -0.39 is 35.5 Å². The predicted octanol–water partition coefficient (Wildman–Crippen LogP) is 4.50. The Morgan fingerprint density at radius 3 is 2.59 bits per heavy atom. The first kappa shape index (κ1) is 22.9. The van der Waals surface area contributed by atoms with Gasteiger partial charge in [0.1, 0.15) is 6.10 Å². The molecule has 0 saturated heterocycles. The minimum atomic E-state index is -0.747. The van der Waals surface area contributed by atoms with Gasteiger partial charge >= 0.3 is 11.9 Å². The van der Waals surface area contributed by atoms with Crippen LogP contribution in [0.25, 0.3) is 0 Å². The van der Waals surface area contributed by atoms with Crippen molar-refractivity contribution in [3.05, 3.63) is 104 Å². The first-order valence-electron chi connectivity index (χ1n) is 10.1. The molecular formula is C24H17ClN2O7. The number of hydrogen-bond donors (Lipinski definition) is 1. The molecule has 0 bridgehead atoms. The molecule has 34 heavy (non-hydrogen) atoms. The summed E-state index contributed by atoms with van der Waals surface area (Å²) >= 11 is 5.95. The third-order valence-electron chi connectivity index (χ3n) is 5.16. The monoisotopic (exact) mass is 480 g/mol. The molecule has 0 aliphatic carbocycles. The van der Waals surface area contributed by atoms with Gasteiger partial charge in [0, 0.05) is 18.6 Å². The van der Waals surface area contributed by atoms with Gasteiger partial charge in [-0.15, -0.1) is 0 Å². The highest BCUT2D eigenvalue weighted by Gasteiger charge is 2.28. The summed E-state index contributed by atoms with van der Waals surface area (Å²) in [4.78, 5) is 47.2. The molecule has 3 aromatic rings. The molecule has 0 aromatic heterocycles. The lowest BCUT2D eigenvalue weighted by Gasteiger charge is -2.25. The van der Waals surface area contributed by atoms with Crippen molar-refractivity contribution in [3.8, 4) is 0 Å². The van der Waals surface area contributed by atoms with E-state index in [1.54, 1.807) is 6.07 Å². The summed E-state index contributed by atoms with van der Waals surface area (Å²) in [6, 6.07) is 17.3. The number of hydrogen-bond acceptors (Lipinski definition) is 7. The largest absolute Gasteiger partial charge is 0.454 e. The van der Waals surface area contributed by atoms with Crippen LogP contribution in [0.1, 0.15) is 37.9 Å². The van der Waals surface area contributed by atoms with Gasteiger partial charge < -0.3 is 14.8 Å². The minimum absolute atomic E-state index is 0.0246. The highest BCUT2D eigenvalue weighted by Crippen LogP contribution is 2.31.